The van der Waals surface area contributed by atoms with Crippen molar-refractivity contribution in [2.75, 3.05) is 36.0 Å². The second-order valence-electron chi connectivity index (χ2n) is 11.7. The molecule has 0 bridgehead atoms. The zero-order chi connectivity index (χ0) is 29.0. The molecule has 40 heavy (non-hydrogen) atoms. The van der Waals surface area contributed by atoms with Gasteiger partial charge in [-0.15, -0.1) is 0 Å². The molecule has 0 aliphatic carbocycles. The predicted molar refractivity (Wildman–Crippen MR) is 146 cm³/mol. The van der Waals surface area contributed by atoms with E-state index in [0.717, 1.165) is 11.9 Å². The molecule has 1 fully saturated rings. The van der Waals surface area contributed by atoms with E-state index in [4.69, 9.17) is 10.1 Å². The topological polar surface area (TPSA) is 103 Å². The van der Waals surface area contributed by atoms with E-state index in [2.05, 4.69) is 14.9 Å². The SMILES string of the molecule is Cc1cc(N2CC(C)(C)c3nc(C(=O)N4CCN(c5ccc(CC(=O)O)cn5)CC4(C)C)cnc32)cc(F)c1F. The lowest BCUT2D eigenvalue weighted by molar-refractivity contribution is -0.136. The van der Waals surface area contributed by atoms with Crippen LogP contribution < -0.4 is 9.80 Å². The van der Waals surface area contributed by atoms with Gasteiger partial charge in [0.25, 0.3) is 5.91 Å². The maximum Gasteiger partial charge on any atom is 0.307 e. The molecule has 4 heterocycles. The van der Waals surface area contributed by atoms with Crippen molar-refractivity contribution in [3.63, 3.8) is 0 Å². The summed E-state index contributed by atoms with van der Waals surface area (Å²) in [5.41, 5.74) is 1.13. The van der Waals surface area contributed by atoms with Crippen molar-refractivity contribution in [2.24, 2.45) is 0 Å². The van der Waals surface area contributed by atoms with Crippen molar-refractivity contribution < 1.29 is 23.5 Å². The number of aliphatic carboxylic acids is 1. The molecule has 0 spiro atoms. The number of aryl methyl sites for hydroxylation is 1. The van der Waals surface area contributed by atoms with E-state index < -0.39 is 28.6 Å². The molecular weight excluding hydrogens is 518 g/mol. The van der Waals surface area contributed by atoms with Crippen molar-refractivity contribution in [1.29, 1.82) is 0 Å². The summed E-state index contributed by atoms with van der Waals surface area (Å²) in [4.78, 5) is 44.1. The summed E-state index contributed by atoms with van der Waals surface area (Å²) in [5.74, 6) is -1.69. The molecule has 0 radical (unpaired) electrons. The zero-order valence-electron chi connectivity index (χ0n) is 23.2. The summed E-state index contributed by atoms with van der Waals surface area (Å²) in [6.45, 7) is 11.4. The maximum atomic E-state index is 14.2. The van der Waals surface area contributed by atoms with Crippen LogP contribution in [-0.2, 0) is 16.6 Å². The predicted octanol–water partition coefficient (Wildman–Crippen LogP) is 4.26. The van der Waals surface area contributed by atoms with Crippen LogP contribution >= 0.6 is 0 Å². The van der Waals surface area contributed by atoms with Gasteiger partial charge >= 0.3 is 5.97 Å². The van der Waals surface area contributed by atoms with Crippen LogP contribution in [0.25, 0.3) is 0 Å². The van der Waals surface area contributed by atoms with Crippen molar-refractivity contribution in [3.8, 4) is 0 Å². The molecule has 9 nitrogen and oxygen atoms in total. The fourth-order valence-corrected chi connectivity index (χ4v) is 5.51. The second-order valence-corrected chi connectivity index (χ2v) is 11.7. The van der Waals surface area contributed by atoms with Gasteiger partial charge in [0.2, 0.25) is 0 Å². The third-order valence-corrected chi connectivity index (χ3v) is 7.56. The number of hydrogen-bond acceptors (Lipinski definition) is 7. The molecule has 1 N–H and O–H groups in total. The third-order valence-electron chi connectivity index (χ3n) is 7.56. The van der Waals surface area contributed by atoms with E-state index in [-0.39, 0.29) is 23.6 Å². The molecule has 0 saturated carbocycles. The monoisotopic (exact) mass is 550 g/mol. The minimum Gasteiger partial charge on any atom is -0.481 e. The van der Waals surface area contributed by atoms with Crippen molar-refractivity contribution in [3.05, 3.63) is 70.8 Å². The van der Waals surface area contributed by atoms with Gasteiger partial charge in [-0.3, -0.25) is 9.59 Å². The fourth-order valence-electron chi connectivity index (χ4n) is 5.51. The molecular formula is C29H32F2N6O3. The number of nitrogens with zero attached hydrogens (tertiary/aromatic N) is 6. The second kappa shape index (κ2) is 9.79. The number of hydrogen-bond donors (Lipinski definition) is 1. The Morgan fingerprint density at radius 1 is 1.02 bits per heavy atom. The minimum atomic E-state index is -0.922. The summed E-state index contributed by atoms with van der Waals surface area (Å²) in [6.07, 6.45) is 2.94. The van der Waals surface area contributed by atoms with Gasteiger partial charge < -0.3 is 19.8 Å². The number of pyridine rings is 1. The van der Waals surface area contributed by atoms with Gasteiger partial charge in [0.1, 0.15) is 11.5 Å². The van der Waals surface area contributed by atoms with E-state index in [1.165, 1.54) is 13.1 Å². The van der Waals surface area contributed by atoms with Gasteiger partial charge in [0.15, 0.2) is 17.5 Å². The van der Waals surface area contributed by atoms with Gasteiger partial charge in [0, 0.05) is 49.5 Å². The van der Waals surface area contributed by atoms with Gasteiger partial charge in [-0.25, -0.2) is 23.7 Å². The van der Waals surface area contributed by atoms with E-state index in [0.29, 0.717) is 48.9 Å². The zero-order valence-corrected chi connectivity index (χ0v) is 23.2. The van der Waals surface area contributed by atoms with Gasteiger partial charge in [0.05, 0.1) is 23.9 Å². The number of fused-ring (bicyclic) bond motifs is 1. The molecule has 0 atom stereocenters. The molecule has 1 saturated heterocycles. The Morgan fingerprint density at radius 3 is 2.40 bits per heavy atom. The first-order valence-electron chi connectivity index (χ1n) is 13.1. The smallest absolute Gasteiger partial charge is 0.307 e. The molecule has 1 aromatic carbocycles. The molecule has 2 aromatic heterocycles. The highest BCUT2D eigenvalue weighted by atomic mass is 19.2. The quantitative estimate of drug-likeness (QED) is 0.503. The van der Waals surface area contributed by atoms with Crippen LogP contribution in [0.4, 0.5) is 26.1 Å². The highest BCUT2D eigenvalue weighted by Gasteiger charge is 2.42. The Labute approximate surface area is 231 Å². The van der Waals surface area contributed by atoms with Crippen LogP contribution in [0.1, 0.15) is 55.0 Å². The normalized spacial score (nSPS) is 17.6. The number of carbonyl (C=O) groups is 2. The molecule has 11 heteroatoms. The Morgan fingerprint density at radius 2 is 1.77 bits per heavy atom. The Bertz CT molecular complexity index is 1470. The summed E-state index contributed by atoms with van der Waals surface area (Å²) >= 11 is 0. The number of carbonyl (C=O) groups excluding carboxylic acids is 1. The average Bonchev–Trinajstić information content (AvgIpc) is 3.16. The van der Waals surface area contributed by atoms with Gasteiger partial charge in [-0.05, 0) is 44.0 Å². The summed E-state index contributed by atoms with van der Waals surface area (Å²) < 4.78 is 28.1. The highest BCUT2D eigenvalue weighted by molar-refractivity contribution is 5.93. The first-order valence-corrected chi connectivity index (χ1v) is 13.1. The number of aromatic nitrogens is 3. The molecule has 3 aromatic rings. The lowest BCUT2D eigenvalue weighted by Crippen LogP contribution is -2.61. The first-order chi connectivity index (χ1) is 18.8. The Kier molecular flexibility index (Phi) is 6.71. The van der Waals surface area contributed by atoms with E-state index >= 15 is 0 Å². The van der Waals surface area contributed by atoms with E-state index in [1.54, 1.807) is 29.3 Å². The molecule has 2 aliphatic rings. The van der Waals surface area contributed by atoms with Crippen LogP contribution in [0, 0.1) is 18.6 Å². The molecule has 1 amide bonds. The van der Waals surface area contributed by atoms with Crippen LogP contribution in [-0.4, -0.2) is 68.6 Å². The summed E-state index contributed by atoms with van der Waals surface area (Å²) in [6, 6.07) is 6.31. The van der Waals surface area contributed by atoms with E-state index in [9.17, 15) is 18.4 Å². The number of piperazine rings is 1. The van der Waals surface area contributed by atoms with Crippen molar-refractivity contribution in [2.45, 2.75) is 52.0 Å². The van der Waals surface area contributed by atoms with Crippen molar-refractivity contribution >= 4 is 29.2 Å². The standard InChI is InChI=1S/C29H32F2N6O3/c1-17-10-19(12-20(30)24(17)31)36-15-28(2,3)25-26(36)33-14-21(34-25)27(40)37-9-8-35(16-29(37,4)5)22-7-6-18(13-32-22)11-23(38)39/h6-7,10,12-14H,8-9,11,15-16H2,1-5H3,(H,38,39). The van der Waals surface area contributed by atoms with Gasteiger partial charge in [-0.2, -0.15) is 0 Å². The number of carboxylic acid groups (broad SMARTS) is 1. The number of amides is 1. The van der Waals surface area contributed by atoms with Crippen LogP contribution in [0.15, 0.2) is 36.7 Å². The number of halogens is 2. The molecule has 5 rings (SSSR count). The third kappa shape index (κ3) is 4.96. The lowest BCUT2D eigenvalue weighted by atomic mass is 9.92. The Balaban J connectivity index is 1.37. The highest BCUT2D eigenvalue weighted by Crippen LogP contribution is 2.42. The largest absolute Gasteiger partial charge is 0.481 e. The first kappa shape index (κ1) is 27.4. The molecule has 210 valence electrons. The molecule has 0 unspecified atom stereocenters. The number of carboxylic acids is 1. The number of benzene rings is 1. The molecule has 2 aliphatic heterocycles. The maximum absolute atomic E-state index is 14.2. The summed E-state index contributed by atoms with van der Waals surface area (Å²) in [7, 11) is 0. The van der Waals surface area contributed by atoms with Crippen LogP contribution in [0.2, 0.25) is 0 Å². The average molecular weight is 551 g/mol. The van der Waals surface area contributed by atoms with Crippen LogP contribution in [0.5, 0.6) is 0 Å². The number of anilines is 3. The lowest BCUT2D eigenvalue weighted by Gasteiger charge is -2.47. The van der Waals surface area contributed by atoms with Crippen LogP contribution in [0.3, 0.4) is 0 Å². The number of rotatable bonds is 5. The fraction of sp³-hybridized carbons (Fsp3) is 0.414. The van der Waals surface area contributed by atoms with Crippen molar-refractivity contribution in [1.82, 2.24) is 19.9 Å². The van der Waals surface area contributed by atoms with Gasteiger partial charge in [-0.1, -0.05) is 19.9 Å². The Hall–Kier alpha value is -4.15. The van der Waals surface area contributed by atoms with E-state index in [1.807, 2.05) is 32.6 Å². The summed E-state index contributed by atoms with van der Waals surface area (Å²) in [5, 5.41) is 8.99. The minimum absolute atomic E-state index is 0.0855.